The van der Waals surface area contributed by atoms with Crippen LogP contribution in [0.4, 0.5) is 5.69 Å². The molecular formula is C20H26N2O4S. The molecule has 6 nitrogen and oxygen atoms in total. The van der Waals surface area contributed by atoms with Crippen LogP contribution in [0.2, 0.25) is 0 Å². The Morgan fingerprint density at radius 1 is 1.04 bits per heavy atom. The smallest absolute Gasteiger partial charge is 0.245 e. The third kappa shape index (κ3) is 6.69. The Kier molecular flexibility index (Phi) is 6.62. The highest BCUT2D eigenvalue weighted by atomic mass is 32.2. The Hall–Kier alpha value is -2.38. The highest BCUT2D eigenvalue weighted by molar-refractivity contribution is 7.88. The molecule has 0 unspecified atom stereocenters. The molecule has 2 aromatic rings. The van der Waals surface area contributed by atoms with Crippen LogP contribution in [0.15, 0.2) is 54.6 Å². The predicted molar refractivity (Wildman–Crippen MR) is 107 cm³/mol. The van der Waals surface area contributed by atoms with Crippen molar-refractivity contribution in [3.05, 3.63) is 60.2 Å². The third-order valence-corrected chi connectivity index (χ3v) is 5.20. The monoisotopic (exact) mass is 390 g/mol. The molecule has 27 heavy (non-hydrogen) atoms. The number of nitrogens with one attached hydrogen (secondary N) is 2. The van der Waals surface area contributed by atoms with E-state index in [0.717, 1.165) is 0 Å². The van der Waals surface area contributed by atoms with Gasteiger partial charge in [-0.1, -0.05) is 30.3 Å². The van der Waals surface area contributed by atoms with Gasteiger partial charge in [-0.05, 0) is 57.5 Å². The van der Waals surface area contributed by atoms with E-state index in [1.165, 1.54) is 13.8 Å². The predicted octanol–water partition coefficient (Wildman–Crippen LogP) is 3.31. The van der Waals surface area contributed by atoms with Crippen molar-refractivity contribution in [1.29, 1.82) is 0 Å². The van der Waals surface area contributed by atoms with E-state index in [4.69, 9.17) is 4.74 Å². The lowest BCUT2D eigenvalue weighted by Crippen LogP contribution is -2.52. The topological polar surface area (TPSA) is 84.5 Å². The highest BCUT2D eigenvalue weighted by Gasteiger charge is 2.32. The number of ether oxygens (including phenoxy) is 1. The van der Waals surface area contributed by atoms with Gasteiger partial charge in [0, 0.05) is 5.69 Å². The maximum absolute atomic E-state index is 12.6. The summed E-state index contributed by atoms with van der Waals surface area (Å²) in [6, 6.07) is 15.8. The molecule has 0 fully saturated rings. The number of hydrogen-bond acceptors (Lipinski definition) is 4. The van der Waals surface area contributed by atoms with Crippen LogP contribution in [0.5, 0.6) is 5.75 Å². The van der Waals surface area contributed by atoms with Crippen molar-refractivity contribution in [3.8, 4) is 5.75 Å². The van der Waals surface area contributed by atoms with Gasteiger partial charge in [-0.15, -0.1) is 0 Å². The van der Waals surface area contributed by atoms with Gasteiger partial charge >= 0.3 is 0 Å². The van der Waals surface area contributed by atoms with Gasteiger partial charge in [-0.3, -0.25) is 4.79 Å². The second-order valence-corrected chi connectivity index (χ2v) is 8.84. The summed E-state index contributed by atoms with van der Waals surface area (Å²) in [5.41, 5.74) is -0.0887. The van der Waals surface area contributed by atoms with E-state index < -0.39 is 21.5 Å². The Morgan fingerprint density at radius 2 is 1.63 bits per heavy atom. The molecule has 7 heteroatoms. The maximum Gasteiger partial charge on any atom is 0.245 e. The van der Waals surface area contributed by atoms with E-state index >= 15 is 0 Å². The molecule has 0 bridgehead atoms. The first kappa shape index (κ1) is 20.9. The SMILES string of the molecule is CC(C)Oc1ccc(NC(=O)C(C)(C)NS(=O)(=O)Cc2ccccc2)cc1. The highest BCUT2D eigenvalue weighted by Crippen LogP contribution is 2.18. The first-order chi connectivity index (χ1) is 12.6. The summed E-state index contributed by atoms with van der Waals surface area (Å²) in [5, 5.41) is 2.73. The molecule has 1 amide bonds. The molecule has 0 radical (unpaired) electrons. The minimum atomic E-state index is -3.68. The number of sulfonamides is 1. The number of benzene rings is 2. The standard InChI is InChI=1S/C20H26N2O4S/c1-15(2)26-18-12-10-17(11-13-18)21-19(23)20(3,4)22-27(24,25)14-16-8-6-5-7-9-16/h5-13,15,22H,14H2,1-4H3,(H,21,23). The number of hydrogen-bond donors (Lipinski definition) is 2. The lowest BCUT2D eigenvalue weighted by molar-refractivity contribution is -0.120. The summed E-state index contributed by atoms with van der Waals surface area (Å²) in [6.45, 7) is 6.92. The van der Waals surface area contributed by atoms with Crippen LogP contribution in [0, 0.1) is 0 Å². The first-order valence-electron chi connectivity index (χ1n) is 8.71. The van der Waals surface area contributed by atoms with Gasteiger partial charge in [-0.25, -0.2) is 8.42 Å². The molecule has 2 rings (SSSR count). The Balaban J connectivity index is 2.01. The largest absolute Gasteiger partial charge is 0.491 e. The average Bonchev–Trinajstić information content (AvgIpc) is 2.55. The first-order valence-corrected chi connectivity index (χ1v) is 10.4. The molecule has 0 aliphatic carbocycles. The van der Waals surface area contributed by atoms with Crippen molar-refractivity contribution >= 4 is 21.6 Å². The van der Waals surface area contributed by atoms with E-state index in [-0.39, 0.29) is 11.9 Å². The minimum Gasteiger partial charge on any atom is -0.491 e. The number of anilines is 1. The van der Waals surface area contributed by atoms with Crippen molar-refractivity contribution in [1.82, 2.24) is 4.72 Å². The van der Waals surface area contributed by atoms with Gasteiger partial charge in [0.25, 0.3) is 0 Å². The van der Waals surface area contributed by atoms with Crippen LogP contribution in [0.3, 0.4) is 0 Å². The lowest BCUT2D eigenvalue weighted by Gasteiger charge is -2.25. The van der Waals surface area contributed by atoms with E-state index in [9.17, 15) is 13.2 Å². The summed E-state index contributed by atoms with van der Waals surface area (Å²) in [6.07, 6.45) is 0.0587. The normalized spacial score (nSPS) is 12.0. The van der Waals surface area contributed by atoms with Crippen molar-refractivity contribution in [2.24, 2.45) is 0 Å². The zero-order valence-corrected chi connectivity index (χ0v) is 16.8. The Labute approximate surface area is 161 Å². The number of rotatable bonds is 8. The van der Waals surface area contributed by atoms with Crippen LogP contribution in [-0.4, -0.2) is 26.0 Å². The van der Waals surface area contributed by atoms with Crippen molar-refractivity contribution in [3.63, 3.8) is 0 Å². The molecule has 2 N–H and O–H groups in total. The van der Waals surface area contributed by atoms with E-state index in [1.807, 2.05) is 19.9 Å². The third-order valence-electron chi connectivity index (χ3n) is 3.66. The van der Waals surface area contributed by atoms with E-state index in [2.05, 4.69) is 10.0 Å². The van der Waals surface area contributed by atoms with Crippen LogP contribution < -0.4 is 14.8 Å². The fraction of sp³-hybridized carbons (Fsp3) is 0.350. The molecule has 0 spiro atoms. The molecule has 0 saturated heterocycles. The summed E-state index contributed by atoms with van der Waals surface area (Å²) in [5.74, 6) is 0.0636. The summed E-state index contributed by atoms with van der Waals surface area (Å²) < 4.78 is 32.9. The second kappa shape index (κ2) is 8.54. The molecule has 0 saturated carbocycles. The molecule has 146 valence electrons. The number of amides is 1. The van der Waals surface area contributed by atoms with Crippen molar-refractivity contribution < 1.29 is 17.9 Å². The molecule has 2 aromatic carbocycles. The fourth-order valence-corrected chi connectivity index (χ4v) is 4.01. The van der Waals surface area contributed by atoms with Gasteiger partial charge in [0.15, 0.2) is 0 Å². The second-order valence-electron chi connectivity index (χ2n) is 7.12. The van der Waals surface area contributed by atoms with Crippen molar-refractivity contribution in [2.75, 3.05) is 5.32 Å². The van der Waals surface area contributed by atoms with Gasteiger partial charge in [0.05, 0.1) is 11.9 Å². The van der Waals surface area contributed by atoms with Crippen LogP contribution in [-0.2, 0) is 20.6 Å². The molecule has 0 aromatic heterocycles. The van der Waals surface area contributed by atoms with Gasteiger partial charge in [0.1, 0.15) is 11.3 Å². The average molecular weight is 391 g/mol. The van der Waals surface area contributed by atoms with Crippen molar-refractivity contribution in [2.45, 2.75) is 45.1 Å². The van der Waals surface area contributed by atoms with Crippen LogP contribution in [0.25, 0.3) is 0 Å². The molecular weight excluding hydrogens is 364 g/mol. The van der Waals surface area contributed by atoms with E-state index in [1.54, 1.807) is 48.5 Å². The van der Waals surface area contributed by atoms with Crippen LogP contribution >= 0.6 is 0 Å². The zero-order valence-electron chi connectivity index (χ0n) is 16.0. The van der Waals surface area contributed by atoms with E-state index in [0.29, 0.717) is 17.0 Å². The maximum atomic E-state index is 12.6. The van der Waals surface area contributed by atoms with Gasteiger partial charge < -0.3 is 10.1 Å². The molecule has 0 atom stereocenters. The summed E-state index contributed by atoms with van der Waals surface area (Å²) in [7, 11) is -3.68. The fourth-order valence-electron chi connectivity index (χ4n) is 2.44. The Morgan fingerprint density at radius 3 is 2.19 bits per heavy atom. The van der Waals surface area contributed by atoms with Gasteiger partial charge in [0.2, 0.25) is 15.9 Å². The lowest BCUT2D eigenvalue weighted by atomic mass is 10.1. The zero-order chi connectivity index (χ0) is 20.1. The summed E-state index contributed by atoms with van der Waals surface area (Å²) >= 11 is 0. The van der Waals surface area contributed by atoms with Crippen LogP contribution in [0.1, 0.15) is 33.3 Å². The molecule has 0 heterocycles. The number of carbonyl (C=O) groups excluding carboxylic acids is 1. The Bertz CT molecular complexity index is 861. The molecule has 0 aliphatic heterocycles. The number of carbonyl (C=O) groups is 1. The van der Waals surface area contributed by atoms with Gasteiger partial charge in [-0.2, -0.15) is 4.72 Å². The molecule has 0 aliphatic rings. The quantitative estimate of drug-likeness (QED) is 0.724. The summed E-state index contributed by atoms with van der Waals surface area (Å²) in [4.78, 5) is 12.6. The minimum absolute atomic E-state index is 0.0587.